The van der Waals surface area contributed by atoms with Crippen LogP contribution in [0.3, 0.4) is 0 Å². The Morgan fingerprint density at radius 2 is 1.87 bits per heavy atom. The summed E-state index contributed by atoms with van der Waals surface area (Å²) in [6.07, 6.45) is 1.06. The number of amides is 1. The van der Waals surface area contributed by atoms with Crippen molar-refractivity contribution in [1.29, 1.82) is 0 Å². The zero-order valence-electron chi connectivity index (χ0n) is 18.8. The quantitative estimate of drug-likeness (QED) is 0.733. The summed E-state index contributed by atoms with van der Waals surface area (Å²) >= 11 is 0. The van der Waals surface area contributed by atoms with E-state index in [4.69, 9.17) is 9.47 Å². The highest BCUT2D eigenvalue weighted by Crippen LogP contribution is 2.40. The van der Waals surface area contributed by atoms with E-state index < -0.39 is 21.7 Å². The fourth-order valence-electron chi connectivity index (χ4n) is 3.56. The van der Waals surface area contributed by atoms with Crippen LogP contribution in [-0.4, -0.2) is 39.3 Å². The zero-order chi connectivity index (χ0) is 23.0. The normalized spacial score (nSPS) is 18.3. The minimum Gasteiger partial charge on any atom is -0.487 e. The molecule has 1 N–H and O–H groups in total. The second-order valence-electron chi connectivity index (χ2n) is 8.65. The summed E-state index contributed by atoms with van der Waals surface area (Å²) in [5.41, 5.74) is 2.18. The minimum atomic E-state index is -3.34. The van der Waals surface area contributed by atoms with Crippen LogP contribution in [0, 0.1) is 6.92 Å². The molecule has 0 spiro atoms. The Kier molecular flexibility index (Phi) is 6.23. The lowest BCUT2D eigenvalue weighted by Gasteiger charge is -2.38. The van der Waals surface area contributed by atoms with Gasteiger partial charge in [-0.1, -0.05) is 12.1 Å². The Morgan fingerprint density at radius 1 is 1.23 bits per heavy atom. The maximum atomic E-state index is 12.8. The first-order valence-electron chi connectivity index (χ1n) is 10.2. The van der Waals surface area contributed by atoms with E-state index in [2.05, 4.69) is 5.32 Å². The Labute approximate surface area is 184 Å². The largest absolute Gasteiger partial charge is 0.487 e. The minimum absolute atomic E-state index is 0.177. The van der Waals surface area contributed by atoms with E-state index in [9.17, 15) is 13.2 Å². The second-order valence-corrected chi connectivity index (χ2v) is 10.7. The van der Waals surface area contributed by atoms with Crippen LogP contribution in [0.5, 0.6) is 11.5 Å². The third kappa shape index (κ3) is 5.50. The summed E-state index contributed by atoms with van der Waals surface area (Å²) in [6.45, 7) is 7.71. The van der Waals surface area contributed by atoms with Gasteiger partial charge in [-0.15, -0.1) is 0 Å². The predicted molar refractivity (Wildman–Crippen MR) is 121 cm³/mol. The van der Waals surface area contributed by atoms with E-state index >= 15 is 0 Å². The SMILES string of the molecule is Cc1ccc2c(c1)OC(C)(C)C[C@@H]2NC(=O)[C@@H](C)Oc1ccc(N(C)S(C)(=O)=O)cc1. The molecule has 0 saturated carbocycles. The van der Waals surface area contributed by atoms with Gasteiger partial charge in [-0.2, -0.15) is 0 Å². The summed E-state index contributed by atoms with van der Waals surface area (Å²) in [7, 11) is -1.86. The van der Waals surface area contributed by atoms with E-state index in [1.165, 1.54) is 11.4 Å². The van der Waals surface area contributed by atoms with Crippen LogP contribution in [-0.2, 0) is 14.8 Å². The van der Waals surface area contributed by atoms with Crippen LogP contribution < -0.4 is 19.1 Å². The van der Waals surface area contributed by atoms with Crippen molar-refractivity contribution in [3.63, 3.8) is 0 Å². The van der Waals surface area contributed by atoms with Gasteiger partial charge in [0.25, 0.3) is 5.91 Å². The zero-order valence-corrected chi connectivity index (χ0v) is 19.6. The molecule has 1 heterocycles. The van der Waals surface area contributed by atoms with Crippen molar-refractivity contribution in [2.75, 3.05) is 17.6 Å². The summed E-state index contributed by atoms with van der Waals surface area (Å²) < 4.78 is 36.4. The van der Waals surface area contributed by atoms with Crippen LogP contribution in [0.15, 0.2) is 42.5 Å². The third-order valence-corrected chi connectivity index (χ3v) is 6.53. The number of fused-ring (bicyclic) bond motifs is 1. The van der Waals surface area contributed by atoms with Crippen LogP contribution in [0.1, 0.15) is 44.4 Å². The van der Waals surface area contributed by atoms with Crippen LogP contribution >= 0.6 is 0 Å². The average Bonchev–Trinajstić information content (AvgIpc) is 2.66. The number of hydrogen-bond acceptors (Lipinski definition) is 5. The first-order chi connectivity index (χ1) is 14.4. The molecule has 0 bridgehead atoms. The van der Waals surface area contributed by atoms with Gasteiger partial charge in [0, 0.05) is 19.0 Å². The summed E-state index contributed by atoms with van der Waals surface area (Å²) in [5.74, 6) is 1.05. The number of hydrogen-bond donors (Lipinski definition) is 1. The number of sulfonamides is 1. The second kappa shape index (κ2) is 8.42. The third-order valence-electron chi connectivity index (χ3n) is 5.32. The number of nitrogens with zero attached hydrogens (tertiary/aromatic N) is 1. The molecule has 1 aliphatic heterocycles. The van der Waals surface area contributed by atoms with Crippen LogP contribution in [0.4, 0.5) is 5.69 Å². The molecule has 0 aromatic heterocycles. The highest BCUT2D eigenvalue weighted by Gasteiger charge is 2.35. The molecule has 1 amide bonds. The molecule has 0 aliphatic carbocycles. The topological polar surface area (TPSA) is 84.9 Å². The van der Waals surface area contributed by atoms with Crippen molar-refractivity contribution in [2.24, 2.45) is 0 Å². The van der Waals surface area contributed by atoms with E-state index in [1.54, 1.807) is 31.2 Å². The van der Waals surface area contributed by atoms with E-state index in [-0.39, 0.29) is 11.9 Å². The van der Waals surface area contributed by atoms with Gasteiger partial charge in [0.15, 0.2) is 6.10 Å². The number of carbonyl (C=O) groups is 1. The maximum Gasteiger partial charge on any atom is 0.261 e. The Balaban J connectivity index is 1.69. The van der Waals surface area contributed by atoms with Crippen molar-refractivity contribution in [3.05, 3.63) is 53.6 Å². The lowest BCUT2D eigenvalue weighted by molar-refractivity contribution is -0.128. The lowest BCUT2D eigenvalue weighted by Crippen LogP contribution is -2.44. The first kappa shape index (κ1) is 22.9. The van der Waals surface area contributed by atoms with Gasteiger partial charge in [-0.05, 0) is 63.6 Å². The van der Waals surface area contributed by atoms with Gasteiger partial charge in [0.2, 0.25) is 10.0 Å². The molecule has 8 heteroatoms. The number of anilines is 1. The molecular formula is C23H30N2O5S. The van der Waals surface area contributed by atoms with Crippen molar-refractivity contribution >= 4 is 21.6 Å². The fraction of sp³-hybridized carbons (Fsp3) is 0.435. The van der Waals surface area contributed by atoms with E-state index in [1.807, 2.05) is 39.0 Å². The van der Waals surface area contributed by atoms with Crippen LogP contribution in [0.2, 0.25) is 0 Å². The molecule has 2 aromatic rings. The van der Waals surface area contributed by atoms with Gasteiger partial charge in [0.05, 0.1) is 18.0 Å². The van der Waals surface area contributed by atoms with Gasteiger partial charge in [-0.25, -0.2) is 8.42 Å². The molecule has 7 nitrogen and oxygen atoms in total. The summed E-state index contributed by atoms with van der Waals surface area (Å²) in [6, 6.07) is 12.4. The smallest absolute Gasteiger partial charge is 0.261 e. The molecule has 2 atom stereocenters. The average molecular weight is 447 g/mol. The molecule has 168 valence electrons. The van der Waals surface area contributed by atoms with Gasteiger partial charge < -0.3 is 14.8 Å². The number of carbonyl (C=O) groups excluding carboxylic acids is 1. The van der Waals surface area contributed by atoms with Gasteiger partial charge >= 0.3 is 0 Å². The van der Waals surface area contributed by atoms with Crippen LogP contribution in [0.25, 0.3) is 0 Å². The molecule has 1 aliphatic rings. The molecule has 0 saturated heterocycles. The molecular weight excluding hydrogens is 416 g/mol. The van der Waals surface area contributed by atoms with Crippen molar-refractivity contribution < 1.29 is 22.7 Å². The molecule has 0 fully saturated rings. The molecule has 31 heavy (non-hydrogen) atoms. The molecule has 2 aromatic carbocycles. The highest BCUT2D eigenvalue weighted by atomic mass is 32.2. The Hall–Kier alpha value is -2.74. The standard InChI is InChI=1S/C23H30N2O5S/c1-15-7-12-19-20(14-23(3,4)30-21(19)13-15)24-22(26)16(2)29-18-10-8-17(9-11-18)25(5)31(6,27)28/h7-13,16,20H,14H2,1-6H3,(H,24,26)/t16-,20+/m1/s1. The number of ether oxygens (including phenoxy) is 2. The van der Waals surface area contributed by atoms with Crippen molar-refractivity contribution in [1.82, 2.24) is 5.32 Å². The van der Waals surface area contributed by atoms with Gasteiger partial charge in [-0.3, -0.25) is 9.10 Å². The maximum absolute atomic E-state index is 12.8. The molecule has 0 radical (unpaired) electrons. The number of nitrogens with one attached hydrogen (secondary N) is 1. The fourth-order valence-corrected chi connectivity index (χ4v) is 4.06. The number of benzene rings is 2. The summed E-state index contributed by atoms with van der Waals surface area (Å²) in [4.78, 5) is 12.8. The Bertz CT molecular complexity index is 1060. The van der Waals surface area contributed by atoms with Crippen molar-refractivity contribution in [3.8, 4) is 11.5 Å². The number of aryl methyl sites for hydroxylation is 1. The summed E-state index contributed by atoms with van der Waals surface area (Å²) in [5, 5.41) is 3.09. The van der Waals surface area contributed by atoms with Gasteiger partial charge in [0.1, 0.15) is 17.1 Å². The van der Waals surface area contributed by atoms with E-state index in [0.29, 0.717) is 17.9 Å². The molecule has 0 unspecified atom stereocenters. The van der Waals surface area contributed by atoms with Crippen molar-refractivity contribution in [2.45, 2.75) is 51.9 Å². The highest BCUT2D eigenvalue weighted by molar-refractivity contribution is 7.92. The lowest BCUT2D eigenvalue weighted by atomic mass is 9.89. The monoisotopic (exact) mass is 446 g/mol. The first-order valence-corrected chi connectivity index (χ1v) is 12.0. The Morgan fingerprint density at radius 3 is 2.48 bits per heavy atom. The molecule has 3 rings (SSSR count). The van der Waals surface area contributed by atoms with E-state index in [0.717, 1.165) is 23.1 Å². The number of rotatable bonds is 6. The predicted octanol–water partition coefficient (Wildman–Crippen LogP) is 3.58.